The van der Waals surface area contributed by atoms with E-state index in [4.69, 9.17) is 5.11 Å². The van der Waals surface area contributed by atoms with Crippen molar-refractivity contribution in [1.82, 2.24) is 14.8 Å². The molecule has 102 valence electrons. The molecule has 0 atom stereocenters. The summed E-state index contributed by atoms with van der Waals surface area (Å²) in [4.78, 5) is 13.9. The highest BCUT2D eigenvalue weighted by Crippen LogP contribution is 2.28. The molecule has 2 aromatic heterocycles. The van der Waals surface area contributed by atoms with Gasteiger partial charge in [-0.1, -0.05) is 18.2 Å². The van der Waals surface area contributed by atoms with E-state index in [1.54, 1.807) is 4.68 Å². The Morgan fingerprint density at radius 2 is 2.20 bits per heavy atom. The fourth-order valence-corrected chi connectivity index (χ4v) is 2.42. The van der Waals surface area contributed by atoms with Crippen molar-refractivity contribution in [2.75, 3.05) is 0 Å². The number of carboxylic acid groups (broad SMARTS) is 1. The number of carbonyl (C=O) groups is 1. The number of fused-ring (bicyclic) bond motifs is 1. The molecule has 0 fully saturated rings. The van der Waals surface area contributed by atoms with Crippen molar-refractivity contribution in [3.8, 4) is 11.3 Å². The maximum Gasteiger partial charge on any atom is 0.303 e. The summed E-state index contributed by atoms with van der Waals surface area (Å²) in [5, 5.41) is 14.3. The molecule has 0 radical (unpaired) electrons. The first-order valence-corrected chi connectivity index (χ1v) is 6.46. The van der Waals surface area contributed by atoms with Gasteiger partial charge in [0.25, 0.3) is 0 Å². The fourth-order valence-electron chi connectivity index (χ4n) is 2.42. The lowest BCUT2D eigenvalue weighted by Crippen LogP contribution is -1.99. The van der Waals surface area contributed by atoms with E-state index in [0.717, 1.165) is 27.9 Å². The topological polar surface area (TPSA) is 70.9 Å². The molecule has 0 unspecified atom stereocenters. The van der Waals surface area contributed by atoms with Crippen molar-refractivity contribution in [2.45, 2.75) is 12.8 Å². The third-order valence-electron chi connectivity index (χ3n) is 3.39. The SMILES string of the molecule is Cn1nc(CCC(=O)O)cc1-c1c[nH]c2ccccc12. The van der Waals surface area contributed by atoms with Gasteiger partial charge >= 0.3 is 5.97 Å². The second-order valence-corrected chi connectivity index (χ2v) is 4.79. The molecule has 0 spiro atoms. The zero-order valence-electron chi connectivity index (χ0n) is 11.1. The van der Waals surface area contributed by atoms with Gasteiger partial charge in [0.1, 0.15) is 0 Å². The number of aromatic nitrogens is 3. The lowest BCUT2D eigenvalue weighted by molar-refractivity contribution is -0.136. The highest BCUT2D eigenvalue weighted by Gasteiger charge is 2.12. The summed E-state index contributed by atoms with van der Waals surface area (Å²) in [5.41, 5.74) is 3.95. The number of aryl methyl sites for hydroxylation is 2. The second kappa shape index (κ2) is 4.85. The molecule has 0 bridgehead atoms. The molecule has 0 aliphatic carbocycles. The fraction of sp³-hybridized carbons (Fsp3) is 0.200. The van der Waals surface area contributed by atoms with E-state index in [0.29, 0.717) is 6.42 Å². The Bertz CT molecular complexity index is 770. The number of carboxylic acids is 1. The van der Waals surface area contributed by atoms with Crippen LogP contribution in [-0.2, 0) is 18.3 Å². The summed E-state index contributed by atoms with van der Waals surface area (Å²) >= 11 is 0. The van der Waals surface area contributed by atoms with E-state index in [1.807, 2.05) is 37.5 Å². The number of nitrogens with zero attached hydrogens (tertiary/aromatic N) is 2. The zero-order valence-corrected chi connectivity index (χ0v) is 11.1. The van der Waals surface area contributed by atoms with Crippen molar-refractivity contribution < 1.29 is 9.90 Å². The Labute approximate surface area is 115 Å². The Morgan fingerprint density at radius 3 is 3.00 bits per heavy atom. The number of hydrogen-bond donors (Lipinski definition) is 2. The van der Waals surface area contributed by atoms with Crippen LogP contribution < -0.4 is 0 Å². The van der Waals surface area contributed by atoms with Crippen LogP contribution in [0.2, 0.25) is 0 Å². The molecule has 5 nitrogen and oxygen atoms in total. The molecular formula is C15H15N3O2. The molecule has 3 aromatic rings. The van der Waals surface area contributed by atoms with E-state index >= 15 is 0 Å². The Balaban J connectivity index is 1.99. The third kappa shape index (κ3) is 2.18. The number of benzene rings is 1. The van der Waals surface area contributed by atoms with E-state index in [1.165, 1.54) is 0 Å². The van der Waals surface area contributed by atoms with Gasteiger partial charge in [-0.3, -0.25) is 9.48 Å². The van der Waals surface area contributed by atoms with Crippen LogP contribution in [0.5, 0.6) is 0 Å². The molecular weight excluding hydrogens is 254 g/mol. The van der Waals surface area contributed by atoms with E-state index in [-0.39, 0.29) is 6.42 Å². The molecule has 2 N–H and O–H groups in total. The van der Waals surface area contributed by atoms with E-state index in [2.05, 4.69) is 16.1 Å². The van der Waals surface area contributed by atoms with Crippen LogP contribution in [-0.4, -0.2) is 25.8 Å². The van der Waals surface area contributed by atoms with Crippen LogP contribution in [0.25, 0.3) is 22.2 Å². The summed E-state index contributed by atoms with van der Waals surface area (Å²) in [6, 6.07) is 10.0. The molecule has 0 saturated heterocycles. The predicted molar refractivity (Wildman–Crippen MR) is 76.5 cm³/mol. The maximum atomic E-state index is 10.6. The number of para-hydroxylation sites is 1. The van der Waals surface area contributed by atoms with E-state index in [9.17, 15) is 4.79 Å². The van der Waals surface area contributed by atoms with Crippen molar-refractivity contribution in [2.24, 2.45) is 7.05 Å². The quantitative estimate of drug-likeness (QED) is 0.764. The number of hydrogen-bond acceptors (Lipinski definition) is 2. The molecule has 5 heteroatoms. The summed E-state index contributed by atoms with van der Waals surface area (Å²) in [5.74, 6) is -0.802. The summed E-state index contributed by atoms with van der Waals surface area (Å²) in [6.07, 6.45) is 2.51. The van der Waals surface area contributed by atoms with Gasteiger partial charge in [0.15, 0.2) is 0 Å². The molecule has 0 aliphatic heterocycles. The number of aromatic amines is 1. The summed E-state index contributed by atoms with van der Waals surface area (Å²) < 4.78 is 1.80. The Morgan fingerprint density at radius 1 is 1.40 bits per heavy atom. The van der Waals surface area contributed by atoms with Gasteiger partial charge < -0.3 is 10.1 Å². The smallest absolute Gasteiger partial charge is 0.303 e. The monoisotopic (exact) mass is 269 g/mol. The number of H-pyrrole nitrogens is 1. The van der Waals surface area contributed by atoms with Crippen LogP contribution in [0, 0.1) is 0 Å². The number of nitrogens with one attached hydrogen (secondary N) is 1. The van der Waals surface area contributed by atoms with Crippen molar-refractivity contribution >= 4 is 16.9 Å². The van der Waals surface area contributed by atoms with Gasteiger partial charge in [-0.25, -0.2) is 0 Å². The van der Waals surface area contributed by atoms with Gasteiger partial charge in [0.2, 0.25) is 0 Å². The van der Waals surface area contributed by atoms with Gasteiger partial charge in [-0.05, 0) is 12.1 Å². The van der Waals surface area contributed by atoms with Gasteiger partial charge in [0.05, 0.1) is 17.8 Å². The van der Waals surface area contributed by atoms with Gasteiger partial charge in [-0.15, -0.1) is 0 Å². The van der Waals surface area contributed by atoms with E-state index < -0.39 is 5.97 Å². The van der Waals surface area contributed by atoms with Crippen molar-refractivity contribution in [3.05, 3.63) is 42.2 Å². The standard InChI is InChI=1S/C15H15N3O2/c1-18-14(8-10(17-18)6-7-15(19)20)12-9-16-13-5-3-2-4-11(12)13/h2-5,8-9,16H,6-7H2,1H3,(H,19,20). The summed E-state index contributed by atoms with van der Waals surface area (Å²) in [6.45, 7) is 0. The molecule has 1 aromatic carbocycles. The van der Waals surface area contributed by atoms with Crippen molar-refractivity contribution in [3.63, 3.8) is 0 Å². The Hall–Kier alpha value is -2.56. The molecule has 3 rings (SSSR count). The Kier molecular flexibility index (Phi) is 3.02. The normalized spacial score (nSPS) is 11.1. The van der Waals surface area contributed by atoms with Crippen LogP contribution in [0.1, 0.15) is 12.1 Å². The van der Waals surface area contributed by atoms with Gasteiger partial charge in [-0.2, -0.15) is 5.10 Å². The first kappa shape index (κ1) is 12.5. The first-order chi connectivity index (χ1) is 9.65. The minimum Gasteiger partial charge on any atom is -0.481 e. The maximum absolute atomic E-state index is 10.6. The molecule has 0 saturated carbocycles. The molecule has 0 amide bonds. The average molecular weight is 269 g/mol. The third-order valence-corrected chi connectivity index (χ3v) is 3.39. The largest absolute Gasteiger partial charge is 0.481 e. The zero-order chi connectivity index (χ0) is 14.1. The highest BCUT2D eigenvalue weighted by atomic mass is 16.4. The van der Waals surface area contributed by atoms with Crippen LogP contribution in [0.3, 0.4) is 0 Å². The molecule has 20 heavy (non-hydrogen) atoms. The first-order valence-electron chi connectivity index (χ1n) is 6.46. The highest BCUT2D eigenvalue weighted by molar-refractivity contribution is 5.94. The van der Waals surface area contributed by atoms with Crippen LogP contribution in [0.4, 0.5) is 0 Å². The minimum atomic E-state index is -0.802. The van der Waals surface area contributed by atoms with Crippen molar-refractivity contribution in [1.29, 1.82) is 0 Å². The van der Waals surface area contributed by atoms with Crippen LogP contribution >= 0.6 is 0 Å². The molecule has 0 aliphatic rings. The summed E-state index contributed by atoms with van der Waals surface area (Å²) in [7, 11) is 1.88. The van der Waals surface area contributed by atoms with Gasteiger partial charge in [0, 0.05) is 36.1 Å². The van der Waals surface area contributed by atoms with Crippen LogP contribution in [0.15, 0.2) is 36.5 Å². The lowest BCUT2D eigenvalue weighted by Gasteiger charge is -1.99. The molecule has 2 heterocycles. The average Bonchev–Trinajstić information content (AvgIpc) is 2.99. The number of aliphatic carboxylic acids is 1. The number of rotatable bonds is 4. The predicted octanol–water partition coefficient (Wildman–Crippen LogP) is 2.59. The lowest BCUT2D eigenvalue weighted by atomic mass is 10.1. The minimum absolute atomic E-state index is 0.102. The second-order valence-electron chi connectivity index (χ2n) is 4.79.